The van der Waals surface area contributed by atoms with Crippen molar-refractivity contribution in [2.45, 2.75) is 33.3 Å². The Labute approximate surface area is 161 Å². The molecule has 0 atom stereocenters. The minimum absolute atomic E-state index is 0.0485. The number of amides is 1. The van der Waals surface area contributed by atoms with E-state index in [1.807, 2.05) is 39.0 Å². The normalized spacial score (nSPS) is 11.3. The van der Waals surface area contributed by atoms with Gasteiger partial charge in [0.05, 0.1) is 23.7 Å². The second kappa shape index (κ2) is 8.90. The molecular weight excluding hydrogens is 364 g/mol. The third-order valence-corrected chi connectivity index (χ3v) is 4.98. The molecule has 146 valence electrons. The van der Waals surface area contributed by atoms with Gasteiger partial charge in [-0.2, -0.15) is 0 Å². The van der Waals surface area contributed by atoms with Crippen molar-refractivity contribution in [2.75, 3.05) is 22.4 Å². The van der Waals surface area contributed by atoms with Gasteiger partial charge in [0.25, 0.3) is 0 Å². The third kappa shape index (κ3) is 5.99. The molecule has 0 aliphatic rings. The Kier molecular flexibility index (Phi) is 6.85. The zero-order valence-electron chi connectivity index (χ0n) is 16.1. The topological polar surface area (TPSA) is 75.7 Å². The van der Waals surface area contributed by atoms with Crippen LogP contribution in [-0.4, -0.2) is 33.2 Å². The van der Waals surface area contributed by atoms with Crippen LogP contribution in [0.2, 0.25) is 0 Å². The SMILES string of the molecule is CCc1ccc(N(CC(=O)Nc2ccccc2OC(C)C)S(C)(=O)=O)cc1. The maximum atomic E-state index is 12.5. The number of aryl methyl sites for hydroxylation is 1. The molecular formula is C20H26N2O4S. The van der Waals surface area contributed by atoms with Crippen molar-refractivity contribution in [3.8, 4) is 5.75 Å². The number of sulfonamides is 1. The smallest absolute Gasteiger partial charge is 0.245 e. The van der Waals surface area contributed by atoms with Crippen LogP contribution in [0.4, 0.5) is 11.4 Å². The van der Waals surface area contributed by atoms with Crippen LogP contribution in [0.25, 0.3) is 0 Å². The van der Waals surface area contributed by atoms with Crippen LogP contribution >= 0.6 is 0 Å². The zero-order chi connectivity index (χ0) is 20.0. The van der Waals surface area contributed by atoms with E-state index >= 15 is 0 Å². The van der Waals surface area contributed by atoms with E-state index in [9.17, 15) is 13.2 Å². The number of ether oxygens (including phenoxy) is 1. The molecule has 0 saturated carbocycles. The molecule has 0 radical (unpaired) electrons. The Bertz CT molecular complexity index is 877. The van der Waals surface area contributed by atoms with Crippen LogP contribution < -0.4 is 14.4 Å². The van der Waals surface area contributed by atoms with E-state index in [2.05, 4.69) is 5.32 Å². The Morgan fingerprint density at radius 3 is 2.30 bits per heavy atom. The van der Waals surface area contributed by atoms with Crippen LogP contribution in [-0.2, 0) is 21.2 Å². The van der Waals surface area contributed by atoms with Crippen molar-refractivity contribution in [2.24, 2.45) is 0 Å². The van der Waals surface area contributed by atoms with Crippen molar-refractivity contribution in [3.05, 3.63) is 54.1 Å². The molecule has 0 aliphatic carbocycles. The lowest BCUT2D eigenvalue weighted by Gasteiger charge is -2.22. The summed E-state index contributed by atoms with van der Waals surface area (Å²) in [5, 5.41) is 2.74. The van der Waals surface area contributed by atoms with Crippen molar-refractivity contribution in [1.82, 2.24) is 0 Å². The van der Waals surface area contributed by atoms with Gasteiger partial charge in [-0.15, -0.1) is 0 Å². The summed E-state index contributed by atoms with van der Waals surface area (Å²) in [6.45, 7) is 5.49. The Hall–Kier alpha value is -2.54. The number of benzene rings is 2. The van der Waals surface area contributed by atoms with Gasteiger partial charge in [0.1, 0.15) is 12.3 Å². The Morgan fingerprint density at radius 2 is 1.74 bits per heavy atom. The van der Waals surface area contributed by atoms with E-state index < -0.39 is 15.9 Å². The number of carbonyl (C=O) groups is 1. The fourth-order valence-electron chi connectivity index (χ4n) is 2.54. The lowest BCUT2D eigenvalue weighted by Crippen LogP contribution is -2.37. The first-order valence-corrected chi connectivity index (χ1v) is 10.7. The average Bonchev–Trinajstić information content (AvgIpc) is 2.60. The fourth-order valence-corrected chi connectivity index (χ4v) is 3.40. The molecule has 0 aromatic heterocycles. The van der Waals surface area contributed by atoms with Gasteiger partial charge in [0.2, 0.25) is 15.9 Å². The van der Waals surface area contributed by atoms with Crippen molar-refractivity contribution < 1.29 is 17.9 Å². The summed E-state index contributed by atoms with van der Waals surface area (Å²) in [6.07, 6.45) is 1.89. The van der Waals surface area contributed by atoms with E-state index in [1.54, 1.807) is 30.3 Å². The summed E-state index contributed by atoms with van der Waals surface area (Å²) in [5.41, 5.74) is 2.05. The molecule has 7 heteroatoms. The number of nitrogens with one attached hydrogen (secondary N) is 1. The number of carbonyl (C=O) groups excluding carboxylic acids is 1. The molecule has 1 amide bonds. The van der Waals surface area contributed by atoms with Crippen molar-refractivity contribution in [1.29, 1.82) is 0 Å². The predicted molar refractivity (Wildman–Crippen MR) is 109 cm³/mol. The summed E-state index contributed by atoms with van der Waals surface area (Å²) in [4.78, 5) is 12.5. The van der Waals surface area contributed by atoms with Gasteiger partial charge >= 0.3 is 0 Å². The van der Waals surface area contributed by atoms with Gasteiger partial charge in [-0.1, -0.05) is 31.2 Å². The van der Waals surface area contributed by atoms with Gasteiger partial charge in [-0.3, -0.25) is 9.10 Å². The average molecular weight is 391 g/mol. The monoisotopic (exact) mass is 390 g/mol. The van der Waals surface area contributed by atoms with E-state index in [0.717, 1.165) is 22.5 Å². The van der Waals surface area contributed by atoms with Crippen LogP contribution in [0.1, 0.15) is 26.3 Å². The van der Waals surface area contributed by atoms with Crippen LogP contribution in [0, 0.1) is 0 Å². The number of hydrogen-bond donors (Lipinski definition) is 1. The van der Waals surface area contributed by atoms with Gasteiger partial charge in [-0.25, -0.2) is 8.42 Å². The molecule has 0 fully saturated rings. The molecule has 1 N–H and O–H groups in total. The fraction of sp³-hybridized carbons (Fsp3) is 0.350. The summed E-state index contributed by atoms with van der Waals surface area (Å²) < 4.78 is 31.2. The zero-order valence-corrected chi connectivity index (χ0v) is 16.9. The van der Waals surface area contributed by atoms with Crippen LogP contribution in [0.15, 0.2) is 48.5 Å². The van der Waals surface area contributed by atoms with E-state index in [0.29, 0.717) is 17.1 Å². The molecule has 6 nitrogen and oxygen atoms in total. The molecule has 2 aromatic rings. The predicted octanol–water partition coefficient (Wildman–Crippen LogP) is 3.44. The second-order valence-electron chi connectivity index (χ2n) is 6.50. The summed E-state index contributed by atoms with van der Waals surface area (Å²) in [6, 6.07) is 14.2. The highest BCUT2D eigenvalue weighted by Gasteiger charge is 2.21. The molecule has 0 heterocycles. The van der Waals surface area contributed by atoms with Crippen LogP contribution in [0.5, 0.6) is 5.75 Å². The highest BCUT2D eigenvalue weighted by atomic mass is 32.2. The first kappa shape index (κ1) is 20.8. The quantitative estimate of drug-likeness (QED) is 0.749. The Balaban J connectivity index is 2.20. The largest absolute Gasteiger partial charge is 0.489 e. The number of rotatable bonds is 8. The first-order chi connectivity index (χ1) is 12.7. The number of hydrogen-bond acceptors (Lipinski definition) is 4. The van der Waals surface area contributed by atoms with Crippen molar-refractivity contribution in [3.63, 3.8) is 0 Å². The molecule has 0 saturated heterocycles. The minimum Gasteiger partial charge on any atom is -0.489 e. The molecule has 2 rings (SSSR count). The van der Waals surface area contributed by atoms with E-state index in [1.165, 1.54) is 0 Å². The molecule has 0 aliphatic heterocycles. The highest BCUT2D eigenvalue weighted by molar-refractivity contribution is 7.92. The minimum atomic E-state index is -3.61. The molecule has 0 spiro atoms. The van der Waals surface area contributed by atoms with Crippen molar-refractivity contribution >= 4 is 27.3 Å². The van der Waals surface area contributed by atoms with Gasteiger partial charge in [0, 0.05) is 0 Å². The summed E-state index contributed by atoms with van der Waals surface area (Å²) in [7, 11) is -3.61. The van der Waals surface area contributed by atoms with Crippen LogP contribution in [0.3, 0.4) is 0 Å². The second-order valence-corrected chi connectivity index (χ2v) is 8.41. The molecule has 2 aromatic carbocycles. The maximum absolute atomic E-state index is 12.5. The standard InChI is InChI=1S/C20H26N2O4S/c1-5-16-10-12-17(13-11-16)22(27(4,24)25)14-20(23)21-18-8-6-7-9-19(18)26-15(2)3/h6-13,15H,5,14H2,1-4H3,(H,21,23). The third-order valence-electron chi connectivity index (χ3n) is 3.84. The lowest BCUT2D eigenvalue weighted by atomic mass is 10.1. The van der Waals surface area contributed by atoms with E-state index in [4.69, 9.17) is 4.74 Å². The number of anilines is 2. The lowest BCUT2D eigenvalue weighted by molar-refractivity contribution is -0.114. The summed E-state index contributed by atoms with van der Waals surface area (Å²) in [5.74, 6) is 0.0962. The molecule has 27 heavy (non-hydrogen) atoms. The Morgan fingerprint density at radius 1 is 1.11 bits per heavy atom. The number of nitrogens with zero attached hydrogens (tertiary/aromatic N) is 1. The molecule has 0 unspecified atom stereocenters. The van der Waals surface area contributed by atoms with Gasteiger partial charge in [-0.05, 0) is 50.1 Å². The maximum Gasteiger partial charge on any atom is 0.245 e. The highest BCUT2D eigenvalue weighted by Crippen LogP contribution is 2.25. The summed E-state index contributed by atoms with van der Waals surface area (Å²) >= 11 is 0. The van der Waals surface area contributed by atoms with Gasteiger partial charge in [0.15, 0.2) is 0 Å². The van der Waals surface area contributed by atoms with E-state index in [-0.39, 0.29) is 12.6 Å². The number of para-hydroxylation sites is 2. The van der Waals surface area contributed by atoms with Gasteiger partial charge < -0.3 is 10.1 Å². The molecule has 0 bridgehead atoms. The first-order valence-electron chi connectivity index (χ1n) is 8.83.